The van der Waals surface area contributed by atoms with E-state index in [-0.39, 0.29) is 19.0 Å². The van der Waals surface area contributed by atoms with Gasteiger partial charge < -0.3 is 10.6 Å². The van der Waals surface area contributed by atoms with Crippen LogP contribution in [0, 0.1) is 13.8 Å². The first-order chi connectivity index (χ1) is 12.6. The first-order valence-electron chi connectivity index (χ1n) is 8.13. The average molecular weight is 400 g/mol. The Morgan fingerprint density at radius 3 is 2.56 bits per heavy atom. The smallest absolute Gasteiger partial charge is 0.352 e. The van der Waals surface area contributed by atoms with E-state index in [1.54, 1.807) is 19.1 Å². The second kappa shape index (κ2) is 8.94. The molecule has 0 aliphatic carbocycles. The molecule has 146 valence electrons. The number of aromatic nitrogens is 2. The Kier molecular flexibility index (Phi) is 6.89. The van der Waals surface area contributed by atoms with Gasteiger partial charge in [-0.25, -0.2) is 4.98 Å². The highest BCUT2D eigenvalue weighted by molar-refractivity contribution is 7.13. The topological polar surface area (TPSA) is 84.0 Å². The van der Waals surface area contributed by atoms with Crippen LogP contribution in [-0.4, -0.2) is 28.0 Å². The fourth-order valence-electron chi connectivity index (χ4n) is 2.27. The third-order valence-corrected chi connectivity index (χ3v) is 4.62. The molecule has 0 spiro atoms. The number of amides is 2. The van der Waals surface area contributed by atoms with Crippen molar-refractivity contribution in [2.24, 2.45) is 0 Å². The first kappa shape index (κ1) is 20.8. The predicted octanol–water partition coefficient (Wildman–Crippen LogP) is 3.04. The van der Waals surface area contributed by atoms with Crippen molar-refractivity contribution < 1.29 is 22.8 Å². The summed E-state index contributed by atoms with van der Waals surface area (Å²) in [6.07, 6.45) is -4.59. The van der Waals surface area contributed by atoms with Crippen LogP contribution in [0.3, 0.4) is 0 Å². The molecule has 6 nitrogen and oxygen atoms in total. The van der Waals surface area contributed by atoms with Crippen LogP contribution in [0.1, 0.15) is 44.5 Å². The number of carbonyl (C=O) groups is 2. The normalized spacial score (nSPS) is 11.3. The fraction of sp³-hybridized carbons (Fsp3) is 0.412. The highest BCUT2D eigenvalue weighted by Gasteiger charge is 2.27. The highest BCUT2D eigenvalue weighted by Crippen LogP contribution is 2.21. The van der Waals surface area contributed by atoms with Gasteiger partial charge in [0.15, 0.2) is 0 Å². The van der Waals surface area contributed by atoms with E-state index in [2.05, 4.69) is 20.6 Å². The molecule has 2 aromatic heterocycles. The number of halogens is 3. The van der Waals surface area contributed by atoms with Crippen LogP contribution in [0.5, 0.6) is 0 Å². The van der Waals surface area contributed by atoms with Gasteiger partial charge in [0.1, 0.15) is 4.88 Å². The van der Waals surface area contributed by atoms with E-state index in [4.69, 9.17) is 0 Å². The molecule has 0 bridgehead atoms. The molecular formula is C17H19F3N4O2S. The largest absolute Gasteiger partial charge is 0.389 e. The van der Waals surface area contributed by atoms with E-state index < -0.39 is 24.9 Å². The van der Waals surface area contributed by atoms with Crippen molar-refractivity contribution in [1.82, 2.24) is 20.6 Å². The van der Waals surface area contributed by atoms with Gasteiger partial charge in [-0.05, 0) is 31.5 Å². The van der Waals surface area contributed by atoms with E-state index >= 15 is 0 Å². The molecule has 0 saturated heterocycles. The van der Waals surface area contributed by atoms with Gasteiger partial charge in [-0.15, -0.1) is 11.3 Å². The molecule has 0 aliphatic heterocycles. The molecule has 0 atom stereocenters. The van der Waals surface area contributed by atoms with Crippen molar-refractivity contribution >= 4 is 23.2 Å². The molecule has 2 heterocycles. The van der Waals surface area contributed by atoms with Crippen LogP contribution in [0.4, 0.5) is 13.2 Å². The number of nitrogens with one attached hydrogen (secondary N) is 2. The SMILES string of the molecule is Cc1nc(C)c(C(=O)NCc2cc(CNC(=O)CCC(F)(F)F)ccn2)s1. The predicted molar refractivity (Wildman–Crippen MR) is 94.1 cm³/mol. The molecule has 10 heteroatoms. The lowest BCUT2D eigenvalue weighted by Gasteiger charge is -2.09. The maximum absolute atomic E-state index is 12.2. The highest BCUT2D eigenvalue weighted by atomic mass is 32.1. The number of aryl methyl sites for hydroxylation is 2. The Morgan fingerprint density at radius 2 is 1.93 bits per heavy atom. The molecule has 27 heavy (non-hydrogen) atoms. The lowest BCUT2D eigenvalue weighted by atomic mass is 10.2. The summed E-state index contributed by atoms with van der Waals surface area (Å²) in [5.74, 6) is -0.916. The number of nitrogens with zero attached hydrogens (tertiary/aromatic N) is 2. The summed E-state index contributed by atoms with van der Waals surface area (Å²) in [5.41, 5.74) is 1.92. The quantitative estimate of drug-likeness (QED) is 0.748. The monoisotopic (exact) mass is 400 g/mol. The van der Waals surface area contributed by atoms with Gasteiger partial charge in [-0.1, -0.05) is 0 Å². The number of alkyl halides is 3. The van der Waals surface area contributed by atoms with Gasteiger partial charge in [0.25, 0.3) is 5.91 Å². The zero-order valence-corrected chi connectivity index (χ0v) is 15.6. The lowest BCUT2D eigenvalue weighted by molar-refractivity contribution is -0.144. The summed E-state index contributed by atoms with van der Waals surface area (Å²) >= 11 is 1.31. The minimum absolute atomic E-state index is 0.0906. The number of thiazole rings is 1. The Morgan fingerprint density at radius 1 is 1.19 bits per heavy atom. The molecule has 0 aromatic carbocycles. The summed E-state index contributed by atoms with van der Waals surface area (Å²) in [6.45, 7) is 3.86. The van der Waals surface area contributed by atoms with Gasteiger partial charge in [-0.3, -0.25) is 14.6 Å². The summed E-state index contributed by atoms with van der Waals surface area (Å²) in [5, 5.41) is 6.00. The van der Waals surface area contributed by atoms with E-state index in [0.717, 1.165) is 5.01 Å². The number of pyridine rings is 1. The summed E-state index contributed by atoms with van der Waals surface area (Å²) in [7, 11) is 0. The van der Waals surface area contributed by atoms with Crippen molar-refractivity contribution in [2.75, 3.05) is 0 Å². The van der Waals surface area contributed by atoms with Crippen molar-refractivity contribution in [3.8, 4) is 0 Å². The van der Waals surface area contributed by atoms with Gasteiger partial charge >= 0.3 is 6.18 Å². The van der Waals surface area contributed by atoms with Gasteiger partial charge in [-0.2, -0.15) is 13.2 Å². The second-order valence-corrected chi connectivity index (χ2v) is 7.08. The maximum Gasteiger partial charge on any atom is 0.389 e. The van der Waals surface area contributed by atoms with Crippen LogP contribution in [0.25, 0.3) is 0 Å². The van der Waals surface area contributed by atoms with Crippen LogP contribution in [-0.2, 0) is 17.9 Å². The molecule has 0 unspecified atom stereocenters. The minimum Gasteiger partial charge on any atom is -0.352 e. The summed E-state index contributed by atoms with van der Waals surface area (Å²) in [6, 6.07) is 3.32. The van der Waals surface area contributed by atoms with Crippen molar-refractivity contribution in [2.45, 2.75) is 46.0 Å². The minimum atomic E-state index is -4.35. The lowest BCUT2D eigenvalue weighted by Crippen LogP contribution is -2.25. The zero-order chi connectivity index (χ0) is 20.0. The van der Waals surface area contributed by atoms with Crippen molar-refractivity contribution in [3.63, 3.8) is 0 Å². The molecule has 0 aliphatic rings. The molecule has 0 fully saturated rings. The molecule has 2 amide bonds. The third kappa shape index (κ3) is 6.97. The molecule has 0 saturated carbocycles. The Balaban J connectivity index is 1.85. The summed E-state index contributed by atoms with van der Waals surface area (Å²) in [4.78, 5) is 32.5. The van der Waals surface area contributed by atoms with E-state index in [9.17, 15) is 22.8 Å². The van der Waals surface area contributed by atoms with E-state index in [0.29, 0.717) is 21.8 Å². The molecular weight excluding hydrogens is 381 g/mol. The zero-order valence-electron chi connectivity index (χ0n) is 14.8. The van der Waals surface area contributed by atoms with Crippen molar-refractivity contribution in [1.29, 1.82) is 0 Å². The molecule has 0 radical (unpaired) electrons. The second-order valence-electron chi connectivity index (χ2n) is 5.88. The van der Waals surface area contributed by atoms with E-state index in [1.165, 1.54) is 17.5 Å². The average Bonchev–Trinajstić information content (AvgIpc) is 2.94. The van der Waals surface area contributed by atoms with Gasteiger partial charge in [0, 0.05) is 19.2 Å². The van der Waals surface area contributed by atoms with Crippen LogP contribution in [0.15, 0.2) is 18.3 Å². The van der Waals surface area contributed by atoms with Crippen LogP contribution < -0.4 is 10.6 Å². The molecule has 2 N–H and O–H groups in total. The number of hydrogen-bond acceptors (Lipinski definition) is 5. The number of hydrogen-bond donors (Lipinski definition) is 2. The fourth-order valence-corrected chi connectivity index (χ4v) is 3.11. The first-order valence-corrected chi connectivity index (χ1v) is 8.95. The Labute approximate surface area is 158 Å². The van der Waals surface area contributed by atoms with E-state index in [1.807, 2.05) is 6.92 Å². The molecule has 2 aromatic rings. The Hall–Kier alpha value is -2.49. The molecule has 2 rings (SSSR count). The Bertz CT molecular complexity index is 821. The third-order valence-electron chi connectivity index (χ3n) is 3.55. The summed E-state index contributed by atoms with van der Waals surface area (Å²) < 4.78 is 36.3. The van der Waals surface area contributed by atoms with Gasteiger partial charge in [0.2, 0.25) is 5.91 Å². The number of carbonyl (C=O) groups excluding carboxylic acids is 2. The number of rotatable bonds is 7. The van der Waals surface area contributed by atoms with Gasteiger partial charge in [0.05, 0.1) is 29.4 Å². The van der Waals surface area contributed by atoms with Crippen LogP contribution >= 0.6 is 11.3 Å². The maximum atomic E-state index is 12.2. The van der Waals surface area contributed by atoms with Crippen molar-refractivity contribution in [3.05, 3.63) is 45.2 Å². The standard InChI is InChI=1S/C17H19F3N4O2S/c1-10-15(27-11(2)24-10)16(26)23-9-13-7-12(4-6-21-13)8-22-14(25)3-5-17(18,19)20/h4,6-7H,3,5,8-9H2,1-2H3,(H,22,25)(H,23,26). The van der Waals surface area contributed by atoms with Crippen LogP contribution in [0.2, 0.25) is 0 Å².